The van der Waals surface area contributed by atoms with Crippen molar-refractivity contribution in [3.8, 4) is 0 Å². The van der Waals surface area contributed by atoms with Crippen molar-refractivity contribution in [2.75, 3.05) is 0 Å². The second-order valence-electron chi connectivity index (χ2n) is 5.04. The molecule has 0 spiro atoms. The molecule has 2 rings (SSSR count). The molecule has 1 aliphatic rings. The van der Waals surface area contributed by atoms with Crippen molar-refractivity contribution < 1.29 is 0 Å². The van der Waals surface area contributed by atoms with Crippen molar-refractivity contribution in [2.24, 2.45) is 5.92 Å². The summed E-state index contributed by atoms with van der Waals surface area (Å²) in [6.07, 6.45) is 5.53. The van der Waals surface area contributed by atoms with E-state index in [2.05, 4.69) is 38.2 Å². The van der Waals surface area contributed by atoms with Crippen molar-refractivity contribution in [3.63, 3.8) is 0 Å². The Morgan fingerprint density at radius 3 is 2.88 bits per heavy atom. The van der Waals surface area contributed by atoms with E-state index in [9.17, 15) is 0 Å². The van der Waals surface area contributed by atoms with Crippen LogP contribution in [0, 0.1) is 12.8 Å². The zero-order valence-electron chi connectivity index (χ0n) is 10.6. The number of hydrogen-bond donors (Lipinski definition) is 1. The SMILES string of the molecule is CCC1CCCC1NC(C)c1ccc(C)s1. The molecule has 0 bridgehead atoms. The van der Waals surface area contributed by atoms with E-state index in [4.69, 9.17) is 0 Å². The van der Waals surface area contributed by atoms with E-state index in [-0.39, 0.29) is 0 Å². The molecule has 1 saturated carbocycles. The third kappa shape index (κ3) is 2.67. The van der Waals surface area contributed by atoms with E-state index in [1.165, 1.54) is 35.4 Å². The van der Waals surface area contributed by atoms with Crippen LogP contribution in [0.1, 0.15) is 55.3 Å². The molecule has 1 nitrogen and oxygen atoms in total. The Hall–Kier alpha value is -0.340. The fourth-order valence-electron chi connectivity index (χ4n) is 2.83. The molecule has 90 valence electrons. The summed E-state index contributed by atoms with van der Waals surface area (Å²) in [4.78, 5) is 2.90. The molecular weight excluding hydrogens is 214 g/mol. The first-order valence-electron chi connectivity index (χ1n) is 6.53. The fourth-order valence-corrected chi connectivity index (χ4v) is 3.72. The van der Waals surface area contributed by atoms with Crippen LogP contribution in [-0.4, -0.2) is 6.04 Å². The Bertz CT molecular complexity index is 331. The molecule has 2 heteroatoms. The third-order valence-corrected chi connectivity index (χ3v) is 5.02. The Labute approximate surface area is 103 Å². The first-order valence-corrected chi connectivity index (χ1v) is 7.34. The molecule has 16 heavy (non-hydrogen) atoms. The normalized spacial score (nSPS) is 27.2. The van der Waals surface area contributed by atoms with Crippen molar-refractivity contribution >= 4 is 11.3 Å². The van der Waals surface area contributed by atoms with Gasteiger partial charge in [-0.2, -0.15) is 0 Å². The molecular formula is C14H23NS. The summed E-state index contributed by atoms with van der Waals surface area (Å²) in [6.45, 7) is 6.81. The molecule has 0 aromatic carbocycles. The van der Waals surface area contributed by atoms with Gasteiger partial charge in [0.1, 0.15) is 0 Å². The predicted molar refractivity (Wildman–Crippen MR) is 72.0 cm³/mol. The summed E-state index contributed by atoms with van der Waals surface area (Å²) in [7, 11) is 0. The summed E-state index contributed by atoms with van der Waals surface area (Å²) >= 11 is 1.93. The van der Waals surface area contributed by atoms with Crippen molar-refractivity contribution in [1.29, 1.82) is 0 Å². The topological polar surface area (TPSA) is 12.0 Å². The number of aryl methyl sites for hydroxylation is 1. The Morgan fingerprint density at radius 2 is 2.25 bits per heavy atom. The van der Waals surface area contributed by atoms with Gasteiger partial charge in [0, 0.05) is 21.8 Å². The molecule has 1 N–H and O–H groups in total. The van der Waals surface area contributed by atoms with E-state index in [1.807, 2.05) is 11.3 Å². The molecule has 1 aromatic rings. The van der Waals surface area contributed by atoms with Gasteiger partial charge in [0.25, 0.3) is 0 Å². The number of nitrogens with one attached hydrogen (secondary N) is 1. The highest BCUT2D eigenvalue weighted by Gasteiger charge is 2.26. The van der Waals surface area contributed by atoms with Gasteiger partial charge in [-0.05, 0) is 44.7 Å². The lowest BCUT2D eigenvalue weighted by Gasteiger charge is -2.23. The van der Waals surface area contributed by atoms with Crippen LogP contribution < -0.4 is 5.32 Å². The molecule has 1 aromatic heterocycles. The molecule has 3 atom stereocenters. The van der Waals surface area contributed by atoms with Crippen LogP contribution in [-0.2, 0) is 0 Å². The molecule has 0 aliphatic heterocycles. The Morgan fingerprint density at radius 1 is 1.44 bits per heavy atom. The summed E-state index contributed by atoms with van der Waals surface area (Å²) in [5, 5.41) is 3.82. The molecule has 1 fully saturated rings. The van der Waals surface area contributed by atoms with Crippen LogP contribution in [0.3, 0.4) is 0 Å². The monoisotopic (exact) mass is 237 g/mol. The van der Waals surface area contributed by atoms with Crippen LogP contribution >= 0.6 is 11.3 Å². The highest BCUT2D eigenvalue weighted by molar-refractivity contribution is 7.12. The highest BCUT2D eigenvalue weighted by Crippen LogP contribution is 2.31. The van der Waals surface area contributed by atoms with E-state index < -0.39 is 0 Å². The second kappa shape index (κ2) is 5.33. The van der Waals surface area contributed by atoms with E-state index in [1.54, 1.807) is 0 Å². The molecule has 3 unspecified atom stereocenters. The maximum atomic E-state index is 3.82. The van der Waals surface area contributed by atoms with E-state index in [0.717, 1.165) is 12.0 Å². The molecule has 1 heterocycles. The van der Waals surface area contributed by atoms with Gasteiger partial charge in [-0.1, -0.05) is 19.8 Å². The predicted octanol–water partition coefficient (Wildman–Crippen LogP) is 4.29. The average Bonchev–Trinajstić information content (AvgIpc) is 2.86. The third-order valence-electron chi connectivity index (χ3n) is 3.84. The zero-order valence-corrected chi connectivity index (χ0v) is 11.4. The lowest BCUT2D eigenvalue weighted by Crippen LogP contribution is -2.33. The largest absolute Gasteiger partial charge is 0.306 e. The summed E-state index contributed by atoms with van der Waals surface area (Å²) in [5.41, 5.74) is 0. The van der Waals surface area contributed by atoms with Crippen LogP contribution in [0.2, 0.25) is 0 Å². The van der Waals surface area contributed by atoms with Gasteiger partial charge in [0.15, 0.2) is 0 Å². The minimum atomic E-state index is 0.524. The quantitative estimate of drug-likeness (QED) is 0.824. The van der Waals surface area contributed by atoms with Crippen molar-refractivity contribution in [3.05, 3.63) is 21.9 Å². The van der Waals surface area contributed by atoms with Gasteiger partial charge in [0.2, 0.25) is 0 Å². The fraction of sp³-hybridized carbons (Fsp3) is 0.714. The van der Waals surface area contributed by atoms with Gasteiger partial charge in [-0.3, -0.25) is 0 Å². The lowest BCUT2D eigenvalue weighted by atomic mass is 10.00. The number of hydrogen-bond acceptors (Lipinski definition) is 2. The first-order chi connectivity index (χ1) is 7.70. The maximum Gasteiger partial charge on any atom is 0.0388 e. The van der Waals surface area contributed by atoms with E-state index >= 15 is 0 Å². The number of thiophene rings is 1. The van der Waals surface area contributed by atoms with Crippen molar-refractivity contribution in [1.82, 2.24) is 5.32 Å². The van der Waals surface area contributed by atoms with Crippen LogP contribution in [0.4, 0.5) is 0 Å². The molecule has 0 radical (unpaired) electrons. The maximum absolute atomic E-state index is 3.82. The highest BCUT2D eigenvalue weighted by atomic mass is 32.1. The lowest BCUT2D eigenvalue weighted by molar-refractivity contribution is 0.362. The molecule has 0 amide bonds. The first kappa shape index (κ1) is 12.1. The summed E-state index contributed by atoms with van der Waals surface area (Å²) in [5.74, 6) is 0.906. The molecule has 0 saturated heterocycles. The van der Waals surface area contributed by atoms with Crippen LogP contribution in [0.5, 0.6) is 0 Å². The number of rotatable bonds is 4. The second-order valence-corrected chi connectivity index (χ2v) is 6.36. The van der Waals surface area contributed by atoms with Crippen LogP contribution in [0.15, 0.2) is 12.1 Å². The summed E-state index contributed by atoms with van der Waals surface area (Å²) in [6, 6.07) is 5.77. The van der Waals surface area contributed by atoms with Gasteiger partial charge in [-0.25, -0.2) is 0 Å². The smallest absolute Gasteiger partial charge is 0.0388 e. The standard InChI is InChI=1S/C14H23NS/c1-4-12-6-5-7-13(12)15-11(3)14-9-8-10(2)16-14/h8-9,11-13,15H,4-7H2,1-3H3. The summed E-state index contributed by atoms with van der Waals surface area (Å²) < 4.78 is 0. The van der Waals surface area contributed by atoms with Crippen molar-refractivity contribution in [2.45, 2.75) is 58.5 Å². The average molecular weight is 237 g/mol. The van der Waals surface area contributed by atoms with E-state index in [0.29, 0.717) is 6.04 Å². The van der Waals surface area contributed by atoms with Crippen LogP contribution in [0.25, 0.3) is 0 Å². The minimum absolute atomic E-state index is 0.524. The Kier molecular flexibility index (Phi) is 4.04. The van der Waals surface area contributed by atoms with Gasteiger partial charge < -0.3 is 5.32 Å². The molecule has 1 aliphatic carbocycles. The van der Waals surface area contributed by atoms with Gasteiger partial charge in [0.05, 0.1) is 0 Å². The Balaban J connectivity index is 1.94. The van der Waals surface area contributed by atoms with Gasteiger partial charge in [-0.15, -0.1) is 11.3 Å². The minimum Gasteiger partial charge on any atom is -0.306 e. The van der Waals surface area contributed by atoms with Gasteiger partial charge >= 0.3 is 0 Å². The zero-order chi connectivity index (χ0) is 11.5.